The molecule has 6 nitrogen and oxygen atoms in total. The van der Waals surface area contributed by atoms with Crippen LogP contribution in [0.1, 0.15) is 0 Å². The molecule has 0 aliphatic carbocycles. The van der Waals surface area contributed by atoms with Gasteiger partial charge in [-0.25, -0.2) is 5.52 Å². The minimum absolute atomic E-state index is 0.328. The molecule has 0 saturated heterocycles. The first-order valence-electron chi connectivity index (χ1n) is 5.00. The third-order valence-electron chi connectivity index (χ3n) is 2.36. The van der Waals surface area contributed by atoms with Crippen LogP contribution in [-0.4, -0.2) is 18.8 Å². The zero-order chi connectivity index (χ0) is 13.3. The Kier molecular flexibility index (Phi) is 2.45. The summed E-state index contributed by atoms with van der Waals surface area (Å²) < 4.78 is 34.6. The Labute approximate surface area is 99.7 Å². The normalized spacial score (nSPS) is 14.2. The first kappa shape index (κ1) is 10.5. The zero-order valence-electron chi connectivity index (χ0n) is 9.48. The van der Waals surface area contributed by atoms with E-state index >= 15 is 0 Å². The number of hydrogen-bond acceptors (Lipinski definition) is 6. The summed E-state index contributed by atoms with van der Waals surface area (Å²) in [5, 5.41) is 14.2. The number of hydrogen-bond donors (Lipinski definition) is 5. The molecule has 0 radical (unpaired) electrons. The molecular formula is C10H10N2O4S. The minimum atomic E-state index is -4.07. The van der Waals surface area contributed by atoms with E-state index in [0.29, 0.717) is 10.8 Å². The van der Waals surface area contributed by atoms with Gasteiger partial charge >= 0.3 is 0 Å². The quantitative estimate of drug-likeness (QED) is 0.524. The number of benzene rings is 2. The van der Waals surface area contributed by atoms with E-state index in [1.54, 1.807) is 24.3 Å². The van der Waals surface area contributed by atoms with Crippen LogP contribution in [0.4, 0.5) is 5.69 Å². The lowest BCUT2D eigenvalue weighted by molar-refractivity contribution is 0.375. The van der Waals surface area contributed by atoms with Crippen molar-refractivity contribution >= 4 is 27.3 Å². The summed E-state index contributed by atoms with van der Waals surface area (Å²) >= 11 is 0. The number of rotatable bonds is 2. The van der Waals surface area contributed by atoms with Crippen LogP contribution in [0.15, 0.2) is 40.3 Å². The van der Waals surface area contributed by atoms with Crippen LogP contribution in [0.25, 0.3) is 10.8 Å². The highest BCUT2D eigenvalue weighted by atomic mass is 32.3. The topological polar surface area (TPSA) is 117 Å². The van der Waals surface area contributed by atoms with Gasteiger partial charge in [0.15, 0.2) is 5.75 Å². The lowest BCUT2D eigenvalue weighted by Crippen LogP contribution is -1.96. The molecule has 0 fully saturated rings. The SMILES string of the molecule is [2H]N=Nc1c(S(O)(O)O)cc2ccccc2c1O. The molecule has 0 heterocycles. The molecule has 2 aromatic rings. The van der Waals surface area contributed by atoms with Crippen molar-refractivity contribution in [2.24, 2.45) is 5.11 Å². The van der Waals surface area contributed by atoms with Gasteiger partial charge in [0.05, 0.1) is 4.90 Å². The summed E-state index contributed by atoms with van der Waals surface area (Å²) in [4.78, 5) is -0.366. The molecule has 2 aromatic carbocycles. The molecule has 0 aliphatic rings. The van der Waals surface area contributed by atoms with Crippen molar-refractivity contribution in [2.75, 3.05) is 0 Å². The van der Waals surface area contributed by atoms with Crippen LogP contribution in [-0.2, 0) is 0 Å². The summed E-state index contributed by atoms with van der Waals surface area (Å²) in [6.45, 7) is 0. The van der Waals surface area contributed by atoms with Gasteiger partial charge in [-0.3, -0.25) is 0 Å². The van der Waals surface area contributed by atoms with E-state index in [0.717, 1.165) is 0 Å². The Morgan fingerprint density at radius 1 is 1.24 bits per heavy atom. The highest BCUT2D eigenvalue weighted by Gasteiger charge is 2.24. The third kappa shape index (κ3) is 1.96. The monoisotopic (exact) mass is 255 g/mol. The second-order valence-electron chi connectivity index (χ2n) is 3.41. The summed E-state index contributed by atoms with van der Waals surface area (Å²) in [5.41, 5.74) is 2.42. The molecule has 2 rings (SSSR count). The van der Waals surface area contributed by atoms with Gasteiger partial charge in [0.25, 0.3) is 0 Å². The molecule has 0 atom stereocenters. The van der Waals surface area contributed by atoms with E-state index in [9.17, 15) is 18.8 Å². The number of nitrogens with one attached hydrogen (secondary N) is 1. The van der Waals surface area contributed by atoms with Crippen molar-refractivity contribution in [2.45, 2.75) is 4.90 Å². The molecule has 0 aromatic heterocycles. The van der Waals surface area contributed by atoms with E-state index in [1.807, 2.05) is 0 Å². The summed E-state index contributed by atoms with van der Waals surface area (Å²) in [6, 6.07) is 7.89. The minimum Gasteiger partial charge on any atom is -0.505 e. The van der Waals surface area contributed by atoms with Crippen molar-refractivity contribution in [1.82, 2.24) is 0 Å². The van der Waals surface area contributed by atoms with Crippen molar-refractivity contribution in [1.29, 1.82) is 5.52 Å². The number of nitrogens with zero attached hydrogens (tertiary/aromatic N) is 1. The fraction of sp³-hybridized carbons (Fsp3) is 0. The fourth-order valence-corrected chi connectivity index (χ4v) is 2.28. The van der Waals surface area contributed by atoms with Crippen LogP contribution >= 0.6 is 10.9 Å². The zero-order valence-corrected chi connectivity index (χ0v) is 9.29. The van der Waals surface area contributed by atoms with Crippen LogP contribution in [0, 0.1) is 5.52 Å². The van der Waals surface area contributed by atoms with Gasteiger partial charge < -0.3 is 18.8 Å². The fourth-order valence-electron chi connectivity index (χ4n) is 1.60. The molecule has 0 aliphatic heterocycles. The van der Waals surface area contributed by atoms with Gasteiger partial charge in [0.2, 0.25) is 1.41 Å². The number of phenols is 1. The van der Waals surface area contributed by atoms with Gasteiger partial charge in [0.1, 0.15) is 16.6 Å². The average Bonchev–Trinajstić information content (AvgIpc) is 2.31. The predicted octanol–water partition coefficient (Wildman–Crippen LogP) is 3.79. The Hall–Kier alpha value is -1.67. The molecular weight excluding hydrogens is 244 g/mol. The lowest BCUT2D eigenvalue weighted by atomic mass is 10.1. The van der Waals surface area contributed by atoms with Crippen LogP contribution in [0.2, 0.25) is 1.41 Å². The second-order valence-corrected chi connectivity index (χ2v) is 4.89. The maximum atomic E-state index is 9.97. The predicted molar refractivity (Wildman–Crippen MR) is 64.2 cm³/mol. The number of fused-ring (bicyclic) bond motifs is 1. The molecule has 0 spiro atoms. The molecule has 17 heavy (non-hydrogen) atoms. The van der Waals surface area contributed by atoms with E-state index < -0.39 is 10.9 Å². The van der Waals surface area contributed by atoms with Crippen molar-refractivity contribution in [3.63, 3.8) is 0 Å². The second kappa shape index (κ2) is 3.97. The smallest absolute Gasteiger partial charge is 0.214 e. The number of aromatic hydroxyl groups is 1. The van der Waals surface area contributed by atoms with Crippen LogP contribution in [0.3, 0.4) is 0 Å². The molecule has 90 valence electrons. The van der Waals surface area contributed by atoms with Crippen molar-refractivity contribution < 1.29 is 20.2 Å². The summed E-state index contributed by atoms with van der Waals surface area (Å²) in [5.74, 6) is -0.367. The van der Waals surface area contributed by atoms with E-state index in [-0.39, 0.29) is 16.3 Å². The van der Waals surface area contributed by atoms with Gasteiger partial charge in [-0.1, -0.05) is 24.3 Å². The van der Waals surface area contributed by atoms with Crippen molar-refractivity contribution in [3.8, 4) is 5.75 Å². The molecule has 0 unspecified atom stereocenters. The maximum absolute atomic E-state index is 9.97. The Balaban J connectivity index is 2.88. The van der Waals surface area contributed by atoms with Crippen LogP contribution < -0.4 is 0 Å². The number of phenolic OH excluding ortho intramolecular Hbond substituents is 1. The first-order chi connectivity index (χ1) is 8.45. The molecule has 5 N–H and O–H groups in total. The summed E-state index contributed by atoms with van der Waals surface area (Å²) in [6.07, 6.45) is 0. The highest BCUT2D eigenvalue weighted by molar-refractivity contribution is 8.19. The van der Waals surface area contributed by atoms with Crippen molar-refractivity contribution in [3.05, 3.63) is 30.3 Å². The Morgan fingerprint density at radius 2 is 1.94 bits per heavy atom. The largest absolute Gasteiger partial charge is 0.505 e. The Bertz CT molecular complexity index is 627. The van der Waals surface area contributed by atoms with Gasteiger partial charge in [0, 0.05) is 5.39 Å². The van der Waals surface area contributed by atoms with E-state index in [2.05, 4.69) is 10.6 Å². The standard InChI is InChI=1S/C10H10N2O4S/c11-12-9-8(17(14,15)16)5-6-3-1-2-4-7(6)10(9)13/h1-5,11,13-16H/i/hD. The van der Waals surface area contributed by atoms with Crippen LogP contribution in [0.5, 0.6) is 5.75 Å². The van der Waals surface area contributed by atoms with E-state index in [1.165, 1.54) is 6.07 Å². The summed E-state index contributed by atoms with van der Waals surface area (Å²) in [7, 11) is -4.07. The van der Waals surface area contributed by atoms with Gasteiger partial charge in [-0.15, -0.1) is 0 Å². The molecule has 0 bridgehead atoms. The molecule has 0 amide bonds. The van der Waals surface area contributed by atoms with E-state index in [4.69, 9.17) is 1.41 Å². The lowest BCUT2D eigenvalue weighted by Gasteiger charge is -2.21. The van der Waals surface area contributed by atoms with Gasteiger partial charge in [-0.05, 0) is 11.5 Å². The maximum Gasteiger partial charge on any atom is 0.214 e. The average molecular weight is 255 g/mol. The molecule has 0 saturated carbocycles. The highest BCUT2D eigenvalue weighted by Crippen LogP contribution is 2.53. The van der Waals surface area contributed by atoms with Gasteiger partial charge in [-0.2, -0.15) is 5.11 Å². The Morgan fingerprint density at radius 3 is 2.59 bits per heavy atom. The molecule has 7 heteroatoms. The third-order valence-corrected chi connectivity index (χ3v) is 3.26. The first-order valence-corrected chi connectivity index (χ1v) is 6.06.